The molecule has 1 aromatic heterocycles. The minimum atomic E-state index is 0.117. The van der Waals surface area contributed by atoms with E-state index >= 15 is 0 Å². The minimum absolute atomic E-state index is 0.117. The molecule has 0 fully saturated rings. The van der Waals surface area contributed by atoms with E-state index in [0.29, 0.717) is 0 Å². The lowest BCUT2D eigenvalue weighted by Crippen LogP contribution is -2.07. The van der Waals surface area contributed by atoms with E-state index in [2.05, 4.69) is 29.9 Å². The second-order valence-electron chi connectivity index (χ2n) is 3.45. The maximum Gasteiger partial charge on any atom is 0.0718 e. The number of hydrogen-bond donors (Lipinski definition) is 1. The molecule has 0 bridgehead atoms. The second kappa shape index (κ2) is 6.18. The molecule has 1 rings (SSSR count). The smallest absolute Gasteiger partial charge is 0.0718 e. The first-order valence-corrected chi connectivity index (χ1v) is 6.85. The second-order valence-corrected chi connectivity index (χ2v) is 4.44. The summed E-state index contributed by atoms with van der Waals surface area (Å²) >= 11 is 1.82. The predicted octanol–water partition coefficient (Wildman–Crippen LogP) is 1.86. The Bertz CT molecular complexity index is 310. The minimum Gasteiger partial charge on any atom is -0.392 e. The molecule has 1 aromatic rings. The van der Waals surface area contributed by atoms with Crippen LogP contribution in [0, 0.1) is 0 Å². The molecule has 0 aliphatic rings. The first kappa shape index (κ1) is 12.6. The summed E-state index contributed by atoms with van der Waals surface area (Å²) < 4.78 is 2.06. The van der Waals surface area contributed by atoms with Crippen molar-refractivity contribution in [3.63, 3.8) is 0 Å². The number of aromatic nitrogens is 2. The predicted molar refractivity (Wildman–Crippen MR) is 65.3 cm³/mol. The van der Waals surface area contributed by atoms with Crippen LogP contribution in [0.3, 0.4) is 0 Å². The summed E-state index contributed by atoms with van der Waals surface area (Å²) in [6.45, 7) is 5.26. The normalized spacial score (nSPS) is 10.9. The molecule has 1 N–H and O–H groups in total. The number of thioether (sulfide) groups is 1. The number of aliphatic hydroxyl groups is 1. The van der Waals surface area contributed by atoms with Gasteiger partial charge in [-0.3, -0.25) is 4.68 Å². The van der Waals surface area contributed by atoms with Crippen LogP contribution in [0.15, 0.2) is 0 Å². The highest BCUT2D eigenvalue weighted by Crippen LogP contribution is 2.16. The fourth-order valence-electron chi connectivity index (χ4n) is 1.81. The molecule has 0 unspecified atom stereocenters. The van der Waals surface area contributed by atoms with E-state index in [0.717, 1.165) is 36.4 Å². The average Bonchev–Trinajstić information content (AvgIpc) is 2.62. The number of rotatable bonds is 6. The molecule has 0 saturated heterocycles. The highest BCUT2D eigenvalue weighted by Gasteiger charge is 2.13. The highest BCUT2D eigenvalue weighted by molar-refractivity contribution is 7.98. The van der Waals surface area contributed by atoms with Gasteiger partial charge in [0.2, 0.25) is 0 Å². The quantitative estimate of drug-likeness (QED) is 0.807. The molecule has 0 aliphatic heterocycles. The lowest BCUT2D eigenvalue weighted by atomic mass is 10.1. The van der Waals surface area contributed by atoms with Gasteiger partial charge in [0, 0.05) is 17.0 Å². The Kier molecular flexibility index (Phi) is 5.19. The molecular formula is C11H20N2OS. The number of aryl methyl sites for hydroxylation is 2. The van der Waals surface area contributed by atoms with Crippen molar-refractivity contribution in [1.82, 2.24) is 9.78 Å². The first-order chi connectivity index (χ1) is 7.28. The Labute approximate surface area is 95.9 Å². The van der Waals surface area contributed by atoms with E-state index in [4.69, 9.17) is 0 Å². The van der Waals surface area contributed by atoms with E-state index in [-0.39, 0.29) is 6.61 Å². The Morgan fingerprint density at radius 3 is 2.53 bits per heavy atom. The largest absolute Gasteiger partial charge is 0.392 e. The number of aliphatic hydroxyl groups excluding tert-OH is 1. The van der Waals surface area contributed by atoms with Crippen LogP contribution in [0.1, 0.15) is 30.8 Å². The van der Waals surface area contributed by atoms with Crippen LogP contribution in [-0.4, -0.2) is 26.9 Å². The summed E-state index contributed by atoms with van der Waals surface area (Å²) in [6.07, 6.45) is 3.94. The lowest BCUT2D eigenvalue weighted by Gasteiger charge is -2.05. The molecule has 4 heteroatoms. The summed E-state index contributed by atoms with van der Waals surface area (Å²) in [5.74, 6) is 1.07. The molecular weight excluding hydrogens is 208 g/mol. The van der Waals surface area contributed by atoms with Gasteiger partial charge < -0.3 is 5.11 Å². The SMILES string of the molecule is CCc1nn(CCSC)c(CC)c1CO. The molecule has 15 heavy (non-hydrogen) atoms. The Morgan fingerprint density at radius 2 is 2.07 bits per heavy atom. The van der Waals surface area contributed by atoms with Gasteiger partial charge in [-0.05, 0) is 19.1 Å². The summed E-state index contributed by atoms with van der Waals surface area (Å²) in [4.78, 5) is 0. The molecule has 3 nitrogen and oxygen atoms in total. The zero-order valence-electron chi connectivity index (χ0n) is 9.79. The molecule has 0 radical (unpaired) electrons. The van der Waals surface area contributed by atoms with Gasteiger partial charge in [-0.25, -0.2) is 0 Å². The summed E-state index contributed by atoms with van der Waals surface area (Å²) in [5.41, 5.74) is 3.29. The van der Waals surface area contributed by atoms with E-state index < -0.39 is 0 Å². The topological polar surface area (TPSA) is 38.0 Å². The highest BCUT2D eigenvalue weighted by atomic mass is 32.2. The maximum absolute atomic E-state index is 9.34. The Morgan fingerprint density at radius 1 is 1.33 bits per heavy atom. The van der Waals surface area contributed by atoms with Crippen LogP contribution >= 0.6 is 11.8 Å². The van der Waals surface area contributed by atoms with Crippen LogP contribution in [0.2, 0.25) is 0 Å². The van der Waals surface area contributed by atoms with Crippen LogP contribution < -0.4 is 0 Å². The zero-order valence-corrected chi connectivity index (χ0v) is 10.6. The van der Waals surface area contributed by atoms with Gasteiger partial charge in [0.05, 0.1) is 18.8 Å². The molecule has 0 aromatic carbocycles. The Hall–Kier alpha value is -0.480. The van der Waals surface area contributed by atoms with Gasteiger partial charge in [-0.1, -0.05) is 13.8 Å². The molecule has 0 amide bonds. The molecule has 0 saturated carbocycles. The van der Waals surface area contributed by atoms with Gasteiger partial charge in [0.1, 0.15) is 0 Å². The van der Waals surface area contributed by atoms with Crippen LogP contribution in [0.5, 0.6) is 0 Å². The van der Waals surface area contributed by atoms with Crippen molar-refractivity contribution in [2.75, 3.05) is 12.0 Å². The third-order valence-corrected chi connectivity index (χ3v) is 3.18. The fourth-order valence-corrected chi connectivity index (χ4v) is 2.17. The monoisotopic (exact) mass is 228 g/mol. The van der Waals surface area contributed by atoms with Crippen molar-refractivity contribution in [3.8, 4) is 0 Å². The van der Waals surface area contributed by atoms with E-state index in [9.17, 15) is 5.11 Å². The zero-order chi connectivity index (χ0) is 11.3. The van der Waals surface area contributed by atoms with Gasteiger partial charge in [-0.15, -0.1) is 0 Å². The third kappa shape index (κ3) is 2.75. The number of nitrogens with zero attached hydrogens (tertiary/aromatic N) is 2. The molecule has 0 spiro atoms. The standard InChI is InChI=1S/C11H20N2OS/c1-4-10-9(8-14)11(5-2)13(12-10)6-7-15-3/h14H,4-8H2,1-3H3. The van der Waals surface area contributed by atoms with Crippen molar-refractivity contribution in [3.05, 3.63) is 17.0 Å². The molecule has 0 aliphatic carbocycles. The molecule has 0 atom stereocenters. The van der Waals surface area contributed by atoms with Crippen LogP contribution in [-0.2, 0) is 26.0 Å². The Balaban J connectivity index is 2.98. The first-order valence-electron chi connectivity index (χ1n) is 5.45. The van der Waals surface area contributed by atoms with Gasteiger partial charge in [0.25, 0.3) is 0 Å². The summed E-state index contributed by atoms with van der Waals surface area (Å²) in [5, 5.41) is 13.9. The summed E-state index contributed by atoms with van der Waals surface area (Å²) in [6, 6.07) is 0. The molecule has 86 valence electrons. The van der Waals surface area contributed by atoms with E-state index in [1.165, 1.54) is 5.69 Å². The van der Waals surface area contributed by atoms with E-state index in [1.807, 2.05) is 11.8 Å². The lowest BCUT2D eigenvalue weighted by molar-refractivity contribution is 0.279. The maximum atomic E-state index is 9.34. The third-order valence-electron chi connectivity index (χ3n) is 2.58. The van der Waals surface area contributed by atoms with Crippen molar-refractivity contribution < 1.29 is 5.11 Å². The van der Waals surface area contributed by atoms with Crippen LogP contribution in [0.4, 0.5) is 0 Å². The van der Waals surface area contributed by atoms with Gasteiger partial charge in [-0.2, -0.15) is 16.9 Å². The van der Waals surface area contributed by atoms with Crippen LogP contribution in [0.25, 0.3) is 0 Å². The van der Waals surface area contributed by atoms with Crippen molar-refractivity contribution in [1.29, 1.82) is 0 Å². The fraction of sp³-hybridized carbons (Fsp3) is 0.727. The number of hydrogen-bond acceptors (Lipinski definition) is 3. The summed E-state index contributed by atoms with van der Waals surface area (Å²) in [7, 11) is 0. The average molecular weight is 228 g/mol. The van der Waals surface area contributed by atoms with Gasteiger partial charge in [0.15, 0.2) is 0 Å². The van der Waals surface area contributed by atoms with Crippen molar-refractivity contribution in [2.45, 2.75) is 39.8 Å². The van der Waals surface area contributed by atoms with Crippen molar-refractivity contribution in [2.24, 2.45) is 0 Å². The van der Waals surface area contributed by atoms with Crippen molar-refractivity contribution >= 4 is 11.8 Å². The van der Waals surface area contributed by atoms with Gasteiger partial charge >= 0.3 is 0 Å². The van der Waals surface area contributed by atoms with E-state index in [1.54, 1.807) is 0 Å². The molecule has 1 heterocycles.